The fourth-order valence-corrected chi connectivity index (χ4v) is 3.18. The van der Waals surface area contributed by atoms with Crippen molar-refractivity contribution in [3.8, 4) is 0 Å². The lowest BCUT2D eigenvalue weighted by Crippen LogP contribution is -2.55. The van der Waals surface area contributed by atoms with Crippen LogP contribution in [0.5, 0.6) is 0 Å². The summed E-state index contributed by atoms with van der Waals surface area (Å²) in [6.45, 7) is 10.7. The van der Waals surface area contributed by atoms with Crippen molar-refractivity contribution < 1.29 is 19.7 Å². The minimum Gasteiger partial charge on any atom is -0.411 e. The van der Waals surface area contributed by atoms with Crippen molar-refractivity contribution in [2.45, 2.75) is 76.2 Å². The highest BCUT2D eigenvalue weighted by Crippen LogP contribution is 2.39. The van der Waals surface area contributed by atoms with Gasteiger partial charge in [-0.25, -0.2) is 0 Å². The minimum atomic E-state index is -1.94. The van der Waals surface area contributed by atoms with E-state index in [1.165, 1.54) is 0 Å². The normalized spacial score (nSPS) is 36.0. The van der Waals surface area contributed by atoms with E-state index in [2.05, 4.69) is 33.9 Å². The maximum Gasteiger partial charge on any atom is 0.192 e. The second kappa shape index (κ2) is 4.97. The van der Waals surface area contributed by atoms with Crippen LogP contribution in [0.2, 0.25) is 18.1 Å². The van der Waals surface area contributed by atoms with Crippen molar-refractivity contribution in [2.24, 2.45) is 0 Å². The summed E-state index contributed by atoms with van der Waals surface area (Å²) >= 11 is 0. The van der Waals surface area contributed by atoms with Gasteiger partial charge in [-0.3, -0.25) is 0 Å². The van der Waals surface area contributed by atoms with Gasteiger partial charge in [-0.2, -0.15) is 0 Å². The second-order valence-corrected chi connectivity index (χ2v) is 11.3. The molecule has 0 bridgehead atoms. The maximum atomic E-state index is 9.92. The molecule has 1 aliphatic rings. The average Bonchev–Trinajstić information content (AvgIpc) is 2.17. The molecule has 1 saturated carbocycles. The Morgan fingerprint density at radius 2 is 1.53 bits per heavy atom. The van der Waals surface area contributed by atoms with Crippen molar-refractivity contribution in [3.05, 3.63) is 0 Å². The van der Waals surface area contributed by atoms with E-state index in [4.69, 9.17) is 4.43 Å². The van der Waals surface area contributed by atoms with Crippen molar-refractivity contribution >= 4 is 8.32 Å². The van der Waals surface area contributed by atoms with Crippen molar-refractivity contribution in [3.63, 3.8) is 0 Å². The Labute approximate surface area is 105 Å². The average molecular weight is 262 g/mol. The van der Waals surface area contributed by atoms with E-state index in [9.17, 15) is 15.3 Å². The van der Waals surface area contributed by atoms with Crippen LogP contribution in [0.4, 0.5) is 0 Å². The van der Waals surface area contributed by atoms with Crippen molar-refractivity contribution in [1.29, 1.82) is 0 Å². The topological polar surface area (TPSA) is 69.9 Å². The van der Waals surface area contributed by atoms with Gasteiger partial charge < -0.3 is 19.7 Å². The standard InChI is InChI=1S/C12H26O4Si/c1-12(2,3)17(4,5)16-9-7-6-8(13)10(14)11(9)15/h8-11,13-15H,6-7H2,1-5H3/t8-,9-,10+,11-/m0/s1. The van der Waals surface area contributed by atoms with Gasteiger partial charge in [0, 0.05) is 0 Å². The minimum absolute atomic E-state index is 0.0771. The lowest BCUT2D eigenvalue weighted by Gasteiger charge is -2.43. The molecule has 102 valence electrons. The molecule has 0 aromatic carbocycles. The molecule has 0 amide bonds. The second-order valence-electron chi connectivity index (χ2n) is 6.54. The zero-order valence-electron chi connectivity index (χ0n) is 11.5. The molecule has 0 heterocycles. The Morgan fingerprint density at radius 1 is 1.00 bits per heavy atom. The first-order valence-electron chi connectivity index (χ1n) is 6.28. The van der Waals surface area contributed by atoms with Gasteiger partial charge in [-0.15, -0.1) is 0 Å². The molecule has 1 fully saturated rings. The van der Waals surface area contributed by atoms with E-state index >= 15 is 0 Å². The van der Waals surface area contributed by atoms with Gasteiger partial charge in [-0.05, 0) is 31.0 Å². The highest BCUT2D eigenvalue weighted by molar-refractivity contribution is 6.74. The van der Waals surface area contributed by atoms with Crippen LogP contribution in [0.1, 0.15) is 33.6 Å². The zero-order chi connectivity index (χ0) is 13.4. The van der Waals surface area contributed by atoms with Crippen LogP contribution in [0, 0.1) is 0 Å². The summed E-state index contributed by atoms with van der Waals surface area (Å²) in [5.41, 5.74) is 0. The lowest BCUT2D eigenvalue weighted by atomic mass is 9.90. The molecular weight excluding hydrogens is 236 g/mol. The van der Waals surface area contributed by atoms with E-state index in [-0.39, 0.29) is 11.1 Å². The number of aliphatic hydroxyl groups excluding tert-OH is 3. The number of aliphatic hydroxyl groups is 3. The number of rotatable bonds is 2. The van der Waals surface area contributed by atoms with Gasteiger partial charge >= 0.3 is 0 Å². The third-order valence-electron chi connectivity index (χ3n) is 4.12. The predicted molar refractivity (Wildman–Crippen MR) is 69.3 cm³/mol. The van der Waals surface area contributed by atoms with Crippen LogP contribution in [0.25, 0.3) is 0 Å². The molecule has 0 aliphatic heterocycles. The lowest BCUT2D eigenvalue weighted by molar-refractivity contribution is -0.131. The van der Waals surface area contributed by atoms with Crippen LogP contribution < -0.4 is 0 Å². The first kappa shape index (κ1) is 15.1. The van der Waals surface area contributed by atoms with Crippen LogP contribution in [0.3, 0.4) is 0 Å². The summed E-state index contributed by atoms with van der Waals surface area (Å²) in [5.74, 6) is 0. The highest BCUT2D eigenvalue weighted by atomic mass is 28.4. The van der Waals surface area contributed by atoms with E-state index in [1.54, 1.807) is 0 Å². The molecule has 0 radical (unpaired) electrons. The highest BCUT2D eigenvalue weighted by Gasteiger charge is 2.44. The van der Waals surface area contributed by atoms with Crippen LogP contribution >= 0.6 is 0 Å². The van der Waals surface area contributed by atoms with E-state index in [1.807, 2.05) is 0 Å². The zero-order valence-corrected chi connectivity index (χ0v) is 12.5. The number of hydrogen-bond donors (Lipinski definition) is 3. The SMILES string of the molecule is CC(C)(C)[Si](C)(C)O[C@H]1CC[C@H](O)[C@@H](O)[C@H]1O. The van der Waals surface area contributed by atoms with Gasteiger partial charge in [0.05, 0.1) is 12.2 Å². The number of hydrogen-bond acceptors (Lipinski definition) is 4. The van der Waals surface area contributed by atoms with Crippen LogP contribution in [-0.4, -0.2) is 48.1 Å². The fourth-order valence-electron chi connectivity index (χ4n) is 1.81. The fraction of sp³-hybridized carbons (Fsp3) is 1.00. The Morgan fingerprint density at radius 3 is 2.00 bits per heavy atom. The maximum absolute atomic E-state index is 9.92. The smallest absolute Gasteiger partial charge is 0.192 e. The van der Waals surface area contributed by atoms with Crippen LogP contribution in [0.15, 0.2) is 0 Å². The predicted octanol–water partition coefficient (Wildman–Crippen LogP) is 1.25. The summed E-state index contributed by atoms with van der Waals surface area (Å²) in [6.07, 6.45) is -2.16. The molecule has 0 aromatic heterocycles. The van der Waals surface area contributed by atoms with Gasteiger partial charge in [0.2, 0.25) is 0 Å². The Bertz CT molecular complexity index is 262. The third kappa shape index (κ3) is 3.29. The van der Waals surface area contributed by atoms with Crippen molar-refractivity contribution in [2.75, 3.05) is 0 Å². The summed E-state index contributed by atoms with van der Waals surface area (Å²) in [4.78, 5) is 0. The first-order valence-corrected chi connectivity index (χ1v) is 9.19. The molecule has 0 saturated heterocycles. The molecule has 0 spiro atoms. The summed E-state index contributed by atoms with van der Waals surface area (Å²) in [6, 6.07) is 0. The monoisotopic (exact) mass is 262 g/mol. The van der Waals surface area contributed by atoms with Gasteiger partial charge in [0.1, 0.15) is 12.2 Å². The molecule has 5 heteroatoms. The molecule has 1 rings (SSSR count). The van der Waals surface area contributed by atoms with Gasteiger partial charge in [0.25, 0.3) is 0 Å². The van der Waals surface area contributed by atoms with Gasteiger partial charge in [-0.1, -0.05) is 20.8 Å². The van der Waals surface area contributed by atoms with Gasteiger partial charge in [0.15, 0.2) is 8.32 Å². The summed E-state index contributed by atoms with van der Waals surface area (Å²) in [7, 11) is -1.94. The van der Waals surface area contributed by atoms with Crippen molar-refractivity contribution in [1.82, 2.24) is 0 Å². The summed E-state index contributed by atoms with van der Waals surface area (Å²) < 4.78 is 6.09. The van der Waals surface area contributed by atoms with E-state index in [0.717, 1.165) is 0 Å². The molecule has 17 heavy (non-hydrogen) atoms. The summed E-state index contributed by atoms with van der Waals surface area (Å²) in [5, 5.41) is 29.1. The largest absolute Gasteiger partial charge is 0.411 e. The molecule has 0 aromatic rings. The quantitative estimate of drug-likeness (QED) is 0.655. The van der Waals surface area contributed by atoms with Crippen LogP contribution in [-0.2, 0) is 4.43 Å². The Kier molecular flexibility index (Phi) is 4.42. The molecule has 1 aliphatic carbocycles. The van der Waals surface area contributed by atoms with E-state index < -0.39 is 26.6 Å². The molecule has 4 nitrogen and oxygen atoms in total. The molecule has 3 N–H and O–H groups in total. The molecular formula is C12H26O4Si. The van der Waals surface area contributed by atoms with E-state index in [0.29, 0.717) is 12.8 Å². The Balaban J connectivity index is 2.70. The third-order valence-corrected chi connectivity index (χ3v) is 8.63. The molecule has 0 unspecified atom stereocenters. The Hall–Kier alpha value is 0.0569. The first-order chi connectivity index (χ1) is 7.56. The molecule has 4 atom stereocenters.